The van der Waals surface area contributed by atoms with Crippen LogP contribution in [0.3, 0.4) is 0 Å². The van der Waals surface area contributed by atoms with E-state index in [0.717, 1.165) is 24.2 Å². The molecule has 0 unspecified atom stereocenters. The molecule has 8 heteroatoms. The van der Waals surface area contributed by atoms with Crippen LogP contribution in [0, 0.1) is 19.8 Å². The molecule has 1 saturated heterocycles. The SMILES string of the molecule is Cc1ncn(CC2CCN(C(=O)c3cnn(-c4ccccc4)n3)CC2)c(=O)c1C. The van der Waals surface area contributed by atoms with Gasteiger partial charge in [-0.15, -0.1) is 5.10 Å². The number of amides is 1. The Morgan fingerprint density at radius 2 is 1.86 bits per heavy atom. The second-order valence-electron chi connectivity index (χ2n) is 7.50. The molecule has 0 spiro atoms. The van der Waals surface area contributed by atoms with E-state index in [1.54, 1.807) is 10.9 Å². The number of rotatable bonds is 4. The predicted molar refractivity (Wildman–Crippen MR) is 108 cm³/mol. The Morgan fingerprint density at radius 1 is 1.14 bits per heavy atom. The van der Waals surface area contributed by atoms with Gasteiger partial charge in [-0.25, -0.2) is 4.98 Å². The lowest BCUT2D eigenvalue weighted by atomic mass is 9.96. The summed E-state index contributed by atoms with van der Waals surface area (Å²) in [6.45, 7) is 5.59. The van der Waals surface area contributed by atoms with Gasteiger partial charge in [-0.05, 0) is 44.7 Å². The van der Waals surface area contributed by atoms with Gasteiger partial charge < -0.3 is 4.90 Å². The molecule has 2 aromatic heterocycles. The summed E-state index contributed by atoms with van der Waals surface area (Å²) >= 11 is 0. The highest BCUT2D eigenvalue weighted by Crippen LogP contribution is 2.20. The van der Waals surface area contributed by atoms with Gasteiger partial charge in [0.2, 0.25) is 0 Å². The molecule has 3 aromatic rings. The number of aromatic nitrogens is 5. The summed E-state index contributed by atoms with van der Waals surface area (Å²) in [6, 6.07) is 9.51. The molecule has 1 aliphatic heterocycles. The average Bonchev–Trinajstić information content (AvgIpc) is 3.25. The Morgan fingerprint density at radius 3 is 2.59 bits per heavy atom. The fourth-order valence-corrected chi connectivity index (χ4v) is 3.61. The maximum Gasteiger partial charge on any atom is 0.276 e. The van der Waals surface area contributed by atoms with Crippen molar-refractivity contribution >= 4 is 5.91 Å². The van der Waals surface area contributed by atoms with Gasteiger partial charge in [-0.1, -0.05) is 18.2 Å². The van der Waals surface area contributed by atoms with E-state index in [0.29, 0.717) is 36.8 Å². The number of para-hydroxylation sites is 1. The molecule has 4 rings (SSSR count). The molecular formula is C21H24N6O2. The fourth-order valence-electron chi connectivity index (χ4n) is 3.61. The first-order valence-corrected chi connectivity index (χ1v) is 9.82. The quantitative estimate of drug-likeness (QED) is 0.678. The van der Waals surface area contributed by atoms with E-state index in [9.17, 15) is 9.59 Å². The van der Waals surface area contributed by atoms with E-state index in [2.05, 4.69) is 15.2 Å². The Bertz CT molecular complexity index is 1060. The van der Waals surface area contributed by atoms with Crippen LogP contribution in [-0.2, 0) is 6.54 Å². The number of carbonyl (C=O) groups is 1. The highest BCUT2D eigenvalue weighted by molar-refractivity contribution is 5.92. The Hall–Kier alpha value is -3.29. The highest BCUT2D eigenvalue weighted by Gasteiger charge is 2.26. The van der Waals surface area contributed by atoms with Crippen molar-refractivity contribution in [2.75, 3.05) is 13.1 Å². The van der Waals surface area contributed by atoms with Crippen molar-refractivity contribution in [3.8, 4) is 5.69 Å². The van der Waals surface area contributed by atoms with Crippen LogP contribution in [-0.4, -0.2) is 48.4 Å². The Labute approximate surface area is 168 Å². The summed E-state index contributed by atoms with van der Waals surface area (Å²) in [6.07, 6.45) is 4.83. The fraction of sp³-hybridized carbons (Fsp3) is 0.381. The molecule has 0 aliphatic carbocycles. The molecule has 1 aliphatic rings. The summed E-state index contributed by atoms with van der Waals surface area (Å²) in [4.78, 5) is 32.8. The number of benzene rings is 1. The van der Waals surface area contributed by atoms with Crippen LogP contribution >= 0.6 is 0 Å². The van der Waals surface area contributed by atoms with E-state index in [-0.39, 0.29) is 11.5 Å². The van der Waals surface area contributed by atoms with Crippen LogP contribution in [0.25, 0.3) is 5.69 Å². The van der Waals surface area contributed by atoms with Crippen molar-refractivity contribution in [2.24, 2.45) is 5.92 Å². The molecule has 29 heavy (non-hydrogen) atoms. The van der Waals surface area contributed by atoms with Crippen molar-refractivity contribution < 1.29 is 4.79 Å². The molecule has 1 amide bonds. The maximum absolute atomic E-state index is 12.8. The molecule has 0 atom stereocenters. The summed E-state index contributed by atoms with van der Waals surface area (Å²) in [7, 11) is 0. The largest absolute Gasteiger partial charge is 0.337 e. The standard InChI is InChI=1S/C21H24N6O2/c1-15-16(2)22-14-26(20(15)28)13-17-8-10-25(11-9-17)21(29)19-12-23-27(24-19)18-6-4-3-5-7-18/h3-7,12,14,17H,8-11,13H2,1-2H3. The van der Waals surface area contributed by atoms with Gasteiger partial charge in [0.1, 0.15) is 0 Å². The van der Waals surface area contributed by atoms with Gasteiger partial charge in [0.15, 0.2) is 5.69 Å². The van der Waals surface area contributed by atoms with Crippen molar-refractivity contribution in [1.82, 2.24) is 29.4 Å². The summed E-state index contributed by atoms with van der Waals surface area (Å²) in [5.74, 6) is 0.247. The van der Waals surface area contributed by atoms with Gasteiger partial charge in [-0.2, -0.15) is 9.90 Å². The smallest absolute Gasteiger partial charge is 0.276 e. The molecule has 0 bridgehead atoms. The normalized spacial score (nSPS) is 14.9. The van der Waals surface area contributed by atoms with Crippen LogP contribution < -0.4 is 5.56 Å². The van der Waals surface area contributed by atoms with Crippen molar-refractivity contribution in [3.63, 3.8) is 0 Å². The Balaban J connectivity index is 1.37. The molecule has 1 aromatic carbocycles. The van der Waals surface area contributed by atoms with Crippen LogP contribution in [0.4, 0.5) is 0 Å². The van der Waals surface area contributed by atoms with Gasteiger partial charge in [0.05, 0.1) is 18.2 Å². The van der Waals surface area contributed by atoms with Crippen LogP contribution in [0.1, 0.15) is 34.6 Å². The number of aryl methyl sites for hydroxylation is 1. The minimum absolute atomic E-state index is 0.0218. The Kier molecular flexibility index (Phi) is 5.24. The van der Waals surface area contributed by atoms with Crippen molar-refractivity contribution in [2.45, 2.75) is 33.2 Å². The lowest BCUT2D eigenvalue weighted by molar-refractivity contribution is 0.0676. The minimum atomic E-state index is -0.101. The van der Waals surface area contributed by atoms with Gasteiger partial charge >= 0.3 is 0 Å². The van der Waals surface area contributed by atoms with Gasteiger partial charge in [-0.3, -0.25) is 14.2 Å². The first-order chi connectivity index (χ1) is 14.0. The molecule has 0 saturated carbocycles. The third kappa shape index (κ3) is 3.96. The number of likely N-dealkylation sites (tertiary alicyclic amines) is 1. The van der Waals surface area contributed by atoms with E-state index in [4.69, 9.17) is 0 Å². The van der Waals surface area contributed by atoms with Crippen LogP contribution in [0.15, 0.2) is 47.7 Å². The maximum atomic E-state index is 12.8. The number of hydrogen-bond donors (Lipinski definition) is 0. The van der Waals surface area contributed by atoms with Crippen molar-refractivity contribution in [1.29, 1.82) is 0 Å². The number of hydrogen-bond acceptors (Lipinski definition) is 5. The van der Waals surface area contributed by atoms with E-state index < -0.39 is 0 Å². The monoisotopic (exact) mass is 392 g/mol. The number of nitrogens with zero attached hydrogens (tertiary/aromatic N) is 6. The second kappa shape index (κ2) is 7.98. The first kappa shape index (κ1) is 19.0. The minimum Gasteiger partial charge on any atom is -0.337 e. The summed E-state index contributed by atoms with van der Waals surface area (Å²) in [5.41, 5.74) is 2.66. The van der Waals surface area contributed by atoms with Crippen molar-refractivity contribution in [3.05, 3.63) is 70.2 Å². The highest BCUT2D eigenvalue weighted by atomic mass is 16.2. The number of carbonyl (C=O) groups excluding carboxylic acids is 1. The van der Waals surface area contributed by atoms with E-state index >= 15 is 0 Å². The summed E-state index contributed by atoms with van der Waals surface area (Å²) < 4.78 is 1.69. The van der Waals surface area contributed by atoms with Crippen LogP contribution in [0.5, 0.6) is 0 Å². The zero-order valence-electron chi connectivity index (χ0n) is 16.7. The molecule has 0 N–H and O–H groups in total. The zero-order chi connectivity index (χ0) is 20.4. The molecule has 8 nitrogen and oxygen atoms in total. The third-order valence-corrected chi connectivity index (χ3v) is 5.57. The molecule has 150 valence electrons. The molecular weight excluding hydrogens is 368 g/mol. The average molecular weight is 392 g/mol. The molecule has 1 fully saturated rings. The first-order valence-electron chi connectivity index (χ1n) is 9.82. The van der Waals surface area contributed by atoms with Gasteiger partial charge in [0.25, 0.3) is 11.5 Å². The lowest BCUT2D eigenvalue weighted by Gasteiger charge is -2.31. The number of piperidine rings is 1. The second-order valence-corrected chi connectivity index (χ2v) is 7.50. The van der Waals surface area contributed by atoms with Gasteiger partial charge in [0, 0.05) is 30.9 Å². The predicted octanol–water partition coefficient (Wildman–Crippen LogP) is 1.99. The third-order valence-electron chi connectivity index (χ3n) is 5.57. The molecule has 3 heterocycles. The summed E-state index contributed by atoms with van der Waals surface area (Å²) in [5, 5.41) is 8.54. The van der Waals surface area contributed by atoms with Crippen LogP contribution in [0.2, 0.25) is 0 Å². The lowest BCUT2D eigenvalue weighted by Crippen LogP contribution is -2.40. The van der Waals surface area contributed by atoms with E-state index in [1.165, 1.54) is 11.0 Å². The molecule has 0 radical (unpaired) electrons. The zero-order valence-corrected chi connectivity index (χ0v) is 16.7. The van der Waals surface area contributed by atoms with E-state index in [1.807, 2.05) is 49.1 Å². The topological polar surface area (TPSA) is 85.9 Å².